The summed E-state index contributed by atoms with van der Waals surface area (Å²) in [6, 6.07) is 2.20. The second kappa shape index (κ2) is 6.75. The van der Waals surface area contributed by atoms with E-state index in [-0.39, 0.29) is 18.6 Å². The van der Waals surface area contributed by atoms with Crippen molar-refractivity contribution in [3.8, 4) is 6.07 Å². The number of carbonyl (C=O) groups excluding carboxylic acids is 1. The first-order chi connectivity index (χ1) is 12.8. The van der Waals surface area contributed by atoms with Gasteiger partial charge >= 0.3 is 6.09 Å². The molecule has 8 nitrogen and oxygen atoms in total. The third-order valence-corrected chi connectivity index (χ3v) is 5.48. The number of amides is 1. The molecular formula is C20H30N4O4. The molecule has 0 bridgehead atoms. The molecule has 154 valence electrons. The third-order valence-electron chi connectivity index (χ3n) is 5.48. The number of nitriles is 1. The van der Waals surface area contributed by atoms with Crippen molar-refractivity contribution >= 4 is 6.09 Å². The zero-order valence-corrected chi connectivity index (χ0v) is 17.8. The maximum absolute atomic E-state index is 12.1. The Balaban J connectivity index is 1.73. The van der Waals surface area contributed by atoms with E-state index in [0.29, 0.717) is 18.8 Å². The van der Waals surface area contributed by atoms with Crippen molar-refractivity contribution in [3.63, 3.8) is 0 Å². The van der Waals surface area contributed by atoms with Crippen LogP contribution in [0.5, 0.6) is 0 Å². The van der Waals surface area contributed by atoms with E-state index < -0.39 is 23.1 Å². The molecule has 0 aliphatic carbocycles. The highest BCUT2D eigenvalue weighted by atomic mass is 16.7. The van der Waals surface area contributed by atoms with E-state index in [1.54, 1.807) is 4.90 Å². The summed E-state index contributed by atoms with van der Waals surface area (Å²) in [6.45, 7) is 14.6. The number of rotatable bonds is 3. The Bertz CT molecular complexity index is 778. The van der Waals surface area contributed by atoms with Gasteiger partial charge in [-0.25, -0.2) is 4.79 Å². The van der Waals surface area contributed by atoms with Gasteiger partial charge in [0.25, 0.3) is 0 Å². The van der Waals surface area contributed by atoms with Crippen molar-refractivity contribution in [1.29, 1.82) is 5.26 Å². The molecule has 2 saturated heterocycles. The van der Waals surface area contributed by atoms with Gasteiger partial charge in [0.2, 0.25) is 0 Å². The molecule has 0 N–H and O–H groups in total. The first-order valence-corrected chi connectivity index (χ1v) is 9.61. The van der Waals surface area contributed by atoms with Gasteiger partial charge < -0.3 is 19.1 Å². The Morgan fingerprint density at radius 2 is 1.86 bits per heavy atom. The molecular weight excluding hydrogens is 360 g/mol. The summed E-state index contributed by atoms with van der Waals surface area (Å²) in [7, 11) is 0. The minimum absolute atomic E-state index is 0.0427. The lowest BCUT2D eigenvalue weighted by Gasteiger charge is -2.39. The summed E-state index contributed by atoms with van der Waals surface area (Å²) >= 11 is 0. The van der Waals surface area contributed by atoms with Crippen molar-refractivity contribution in [2.45, 2.75) is 84.0 Å². The molecule has 3 heterocycles. The van der Waals surface area contributed by atoms with Gasteiger partial charge in [0, 0.05) is 19.3 Å². The first kappa shape index (κ1) is 20.6. The standard InChI is InChI=1S/C20H30N4O4/c1-18(2,3)28-17(25)23-10-13(11-23)24-12-14(15(22-24)8-9-21)16-26-19(4,5)20(6,7)27-16/h12-13,16H,8,10-11H2,1-7H3. The first-order valence-electron chi connectivity index (χ1n) is 9.61. The Morgan fingerprint density at radius 1 is 1.29 bits per heavy atom. The quantitative estimate of drug-likeness (QED) is 0.786. The minimum Gasteiger partial charge on any atom is -0.444 e. The van der Waals surface area contributed by atoms with Crippen LogP contribution in [0.15, 0.2) is 6.20 Å². The van der Waals surface area contributed by atoms with Crippen LogP contribution in [-0.4, -0.2) is 50.7 Å². The smallest absolute Gasteiger partial charge is 0.410 e. The van der Waals surface area contributed by atoms with Gasteiger partial charge in [-0.3, -0.25) is 4.68 Å². The third kappa shape index (κ3) is 3.87. The molecule has 3 rings (SSSR count). The van der Waals surface area contributed by atoms with Crippen LogP contribution in [0.25, 0.3) is 0 Å². The van der Waals surface area contributed by atoms with Crippen molar-refractivity contribution in [2.75, 3.05) is 13.1 Å². The summed E-state index contributed by atoms with van der Waals surface area (Å²) in [5.74, 6) is 0. The van der Waals surface area contributed by atoms with E-state index in [1.807, 2.05) is 59.3 Å². The monoisotopic (exact) mass is 390 g/mol. The highest BCUT2D eigenvalue weighted by Crippen LogP contribution is 2.45. The summed E-state index contributed by atoms with van der Waals surface area (Å²) in [6.07, 6.45) is 1.17. The van der Waals surface area contributed by atoms with E-state index in [9.17, 15) is 10.1 Å². The van der Waals surface area contributed by atoms with Crippen molar-refractivity contribution in [1.82, 2.24) is 14.7 Å². The molecule has 0 unspecified atom stereocenters. The Morgan fingerprint density at radius 3 is 2.36 bits per heavy atom. The zero-order valence-electron chi connectivity index (χ0n) is 17.8. The lowest BCUT2D eigenvalue weighted by atomic mass is 9.90. The molecule has 0 spiro atoms. The largest absolute Gasteiger partial charge is 0.444 e. The van der Waals surface area contributed by atoms with E-state index in [4.69, 9.17) is 14.2 Å². The van der Waals surface area contributed by atoms with Crippen LogP contribution in [0.1, 0.15) is 72.1 Å². The fourth-order valence-electron chi connectivity index (χ4n) is 3.11. The molecule has 0 atom stereocenters. The Kier molecular flexibility index (Phi) is 4.97. The average Bonchev–Trinajstić information content (AvgIpc) is 2.95. The average molecular weight is 390 g/mol. The predicted octanol–water partition coefficient (Wildman–Crippen LogP) is 3.34. The van der Waals surface area contributed by atoms with Gasteiger partial charge in [0.05, 0.1) is 41.0 Å². The molecule has 2 aliphatic rings. The predicted molar refractivity (Wildman–Crippen MR) is 101 cm³/mol. The van der Waals surface area contributed by atoms with Crippen LogP contribution < -0.4 is 0 Å². The lowest BCUT2D eigenvalue weighted by Crippen LogP contribution is -2.52. The number of likely N-dealkylation sites (tertiary alicyclic amines) is 1. The second-order valence-corrected chi connectivity index (χ2v) is 9.47. The normalized spacial score (nSPS) is 22.0. The summed E-state index contributed by atoms with van der Waals surface area (Å²) in [4.78, 5) is 13.8. The van der Waals surface area contributed by atoms with Crippen LogP contribution >= 0.6 is 0 Å². The number of aromatic nitrogens is 2. The Labute approximate surface area is 166 Å². The molecule has 1 amide bonds. The zero-order chi connectivity index (χ0) is 20.9. The molecule has 2 fully saturated rings. The number of hydrogen-bond acceptors (Lipinski definition) is 6. The number of carbonyl (C=O) groups is 1. The highest BCUT2D eigenvalue weighted by molar-refractivity contribution is 5.69. The summed E-state index contributed by atoms with van der Waals surface area (Å²) in [5.41, 5.74) is -0.0216. The van der Waals surface area contributed by atoms with Gasteiger partial charge in [-0.2, -0.15) is 10.4 Å². The molecule has 1 aromatic rings. The lowest BCUT2D eigenvalue weighted by molar-refractivity contribution is -0.0901. The molecule has 0 radical (unpaired) electrons. The SMILES string of the molecule is CC(C)(C)OC(=O)N1CC(n2cc(C3OC(C)(C)C(C)(C)O3)c(CC#N)n2)C1. The topological polar surface area (TPSA) is 89.6 Å². The van der Waals surface area contributed by atoms with E-state index >= 15 is 0 Å². The van der Waals surface area contributed by atoms with Crippen molar-refractivity contribution in [3.05, 3.63) is 17.5 Å². The maximum Gasteiger partial charge on any atom is 0.410 e. The van der Waals surface area contributed by atoms with Crippen LogP contribution in [0.4, 0.5) is 4.79 Å². The van der Waals surface area contributed by atoms with Crippen molar-refractivity contribution < 1.29 is 19.0 Å². The molecule has 8 heteroatoms. The van der Waals surface area contributed by atoms with Gasteiger partial charge in [-0.1, -0.05) is 0 Å². The van der Waals surface area contributed by atoms with E-state index in [1.165, 1.54) is 0 Å². The van der Waals surface area contributed by atoms with Gasteiger partial charge in [0.1, 0.15) is 5.60 Å². The number of ether oxygens (including phenoxy) is 3. The molecule has 0 saturated carbocycles. The highest BCUT2D eigenvalue weighted by Gasteiger charge is 2.50. The molecule has 2 aliphatic heterocycles. The summed E-state index contributed by atoms with van der Waals surface area (Å²) in [5, 5.41) is 13.8. The van der Waals surface area contributed by atoms with Crippen LogP contribution in [0.3, 0.4) is 0 Å². The Hall–Kier alpha value is -2.11. The number of hydrogen-bond donors (Lipinski definition) is 0. The van der Waals surface area contributed by atoms with Gasteiger partial charge in [-0.15, -0.1) is 0 Å². The number of nitrogens with zero attached hydrogens (tertiary/aromatic N) is 4. The fraction of sp³-hybridized carbons (Fsp3) is 0.750. The molecule has 1 aromatic heterocycles. The van der Waals surface area contributed by atoms with Crippen LogP contribution in [0.2, 0.25) is 0 Å². The second-order valence-electron chi connectivity index (χ2n) is 9.47. The van der Waals surface area contributed by atoms with Gasteiger partial charge in [-0.05, 0) is 48.5 Å². The molecule has 28 heavy (non-hydrogen) atoms. The maximum atomic E-state index is 12.1. The van der Waals surface area contributed by atoms with E-state index in [2.05, 4.69) is 11.2 Å². The van der Waals surface area contributed by atoms with Crippen LogP contribution in [-0.2, 0) is 20.6 Å². The minimum atomic E-state index is -0.566. The fourth-order valence-corrected chi connectivity index (χ4v) is 3.11. The molecule has 0 aromatic carbocycles. The van der Waals surface area contributed by atoms with Crippen LogP contribution in [0, 0.1) is 11.3 Å². The van der Waals surface area contributed by atoms with E-state index in [0.717, 1.165) is 5.56 Å². The van der Waals surface area contributed by atoms with Gasteiger partial charge in [0.15, 0.2) is 6.29 Å². The van der Waals surface area contributed by atoms with Crippen molar-refractivity contribution in [2.24, 2.45) is 0 Å². The summed E-state index contributed by atoms with van der Waals surface area (Å²) < 4.78 is 19.5.